The summed E-state index contributed by atoms with van der Waals surface area (Å²) < 4.78 is 1.40. The molecule has 0 aliphatic heterocycles. The van der Waals surface area contributed by atoms with Crippen LogP contribution < -0.4 is 10.7 Å². The Bertz CT molecular complexity index is 1160. The predicted molar refractivity (Wildman–Crippen MR) is 105 cm³/mol. The Morgan fingerprint density at radius 1 is 1.18 bits per heavy atom. The van der Waals surface area contributed by atoms with E-state index in [-0.39, 0.29) is 22.6 Å². The molecule has 28 heavy (non-hydrogen) atoms. The second kappa shape index (κ2) is 7.61. The standard InChI is InChI=1S/C19H15ClN4O4/c1-11-10-17(25)18(22-23(11)16-8-4-3-6-13(16)20)19(26)21-14-7-5-9-15(12(14)2)24(27)28/h3-10H,1-2H3,(H,21,26). The molecule has 0 atom stereocenters. The van der Waals surface area contributed by atoms with Gasteiger partial charge in [-0.3, -0.25) is 19.7 Å². The van der Waals surface area contributed by atoms with Gasteiger partial charge in [0.25, 0.3) is 11.6 Å². The number of hydrogen-bond donors (Lipinski definition) is 1. The SMILES string of the molecule is Cc1c(NC(=O)c2nn(-c3ccccc3Cl)c(C)cc2=O)cccc1[N+](=O)[O-]. The third kappa shape index (κ3) is 3.63. The predicted octanol–water partition coefficient (Wildman–Crippen LogP) is 3.66. The molecule has 0 unspecified atom stereocenters. The lowest BCUT2D eigenvalue weighted by Gasteiger charge is -2.13. The number of hydrogen-bond acceptors (Lipinski definition) is 5. The van der Waals surface area contributed by atoms with E-state index >= 15 is 0 Å². The zero-order valence-corrected chi connectivity index (χ0v) is 15.7. The maximum atomic E-state index is 12.7. The van der Waals surface area contributed by atoms with Crippen molar-refractivity contribution in [1.29, 1.82) is 0 Å². The smallest absolute Gasteiger partial charge is 0.280 e. The molecule has 142 valence electrons. The molecule has 1 amide bonds. The van der Waals surface area contributed by atoms with Crippen molar-refractivity contribution in [2.45, 2.75) is 13.8 Å². The third-order valence-electron chi connectivity index (χ3n) is 4.15. The van der Waals surface area contributed by atoms with E-state index in [2.05, 4.69) is 10.4 Å². The Morgan fingerprint density at radius 2 is 1.89 bits per heavy atom. The number of aromatic nitrogens is 2. The van der Waals surface area contributed by atoms with E-state index in [0.717, 1.165) is 0 Å². The second-order valence-corrected chi connectivity index (χ2v) is 6.43. The number of aryl methyl sites for hydroxylation is 1. The Labute approximate surface area is 164 Å². The lowest BCUT2D eigenvalue weighted by Crippen LogP contribution is -2.27. The van der Waals surface area contributed by atoms with Crippen LogP contribution in [0.2, 0.25) is 5.02 Å². The van der Waals surface area contributed by atoms with E-state index in [1.807, 2.05) is 0 Å². The molecule has 2 aromatic carbocycles. The minimum absolute atomic E-state index is 0.136. The third-order valence-corrected chi connectivity index (χ3v) is 4.47. The van der Waals surface area contributed by atoms with Crippen LogP contribution >= 0.6 is 11.6 Å². The van der Waals surface area contributed by atoms with Crippen LogP contribution in [0.25, 0.3) is 5.69 Å². The molecule has 0 saturated heterocycles. The highest BCUT2D eigenvalue weighted by atomic mass is 35.5. The van der Waals surface area contributed by atoms with Gasteiger partial charge in [0.05, 0.1) is 26.9 Å². The summed E-state index contributed by atoms with van der Waals surface area (Å²) in [4.78, 5) is 35.5. The number of benzene rings is 2. The van der Waals surface area contributed by atoms with E-state index < -0.39 is 16.3 Å². The van der Waals surface area contributed by atoms with Crippen molar-refractivity contribution in [3.05, 3.63) is 90.8 Å². The van der Waals surface area contributed by atoms with Gasteiger partial charge in [0.15, 0.2) is 5.69 Å². The summed E-state index contributed by atoms with van der Waals surface area (Å²) in [6, 6.07) is 12.5. The summed E-state index contributed by atoms with van der Waals surface area (Å²) in [6.07, 6.45) is 0. The van der Waals surface area contributed by atoms with Crippen molar-refractivity contribution in [3.8, 4) is 5.69 Å². The molecular formula is C19H15ClN4O4. The van der Waals surface area contributed by atoms with Crippen molar-refractivity contribution in [3.63, 3.8) is 0 Å². The summed E-state index contributed by atoms with van der Waals surface area (Å²) >= 11 is 6.20. The van der Waals surface area contributed by atoms with E-state index in [1.54, 1.807) is 31.2 Å². The van der Waals surface area contributed by atoms with Crippen LogP contribution in [0.15, 0.2) is 53.3 Å². The van der Waals surface area contributed by atoms with E-state index in [9.17, 15) is 19.7 Å². The van der Waals surface area contributed by atoms with E-state index in [0.29, 0.717) is 16.4 Å². The Hall–Kier alpha value is -3.52. The maximum Gasteiger partial charge on any atom is 0.280 e. The van der Waals surface area contributed by atoms with Gasteiger partial charge in [0.1, 0.15) is 0 Å². The van der Waals surface area contributed by atoms with Gasteiger partial charge in [0, 0.05) is 17.8 Å². The fraction of sp³-hybridized carbons (Fsp3) is 0.105. The molecule has 1 N–H and O–H groups in total. The Kier molecular flexibility index (Phi) is 5.23. The summed E-state index contributed by atoms with van der Waals surface area (Å²) in [5.41, 5.74) is 0.467. The van der Waals surface area contributed by atoms with Gasteiger partial charge < -0.3 is 5.32 Å². The van der Waals surface area contributed by atoms with Crippen molar-refractivity contribution >= 4 is 28.9 Å². The first-order chi connectivity index (χ1) is 13.3. The van der Waals surface area contributed by atoms with Crippen molar-refractivity contribution in [2.75, 3.05) is 5.32 Å². The van der Waals surface area contributed by atoms with Crippen molar-refractivity contribution in [1.82, 2.24) is 9.78 Å². The number of amides is 1. The summed E-state index contributed by atoms with van der Waals surface area (Å²) in [6.45, 7) is 3.18. The van der Waals surface area contributed by atoms with Gasteiger partial charge in [-0.2, -0.15) is 5.10 Å². The molecule has 0 fully saturated rings. The number of carbonyl (C=O) groups is 1. The molecule has 0 saturated carbocycles. The molecule has 0 spiro atoms. The van der Waals surface area contributed by atoms with Crippen molar-refractivity contribution < 1.29 is 9.72 Å². The average molecular weight is 399 g/mol. The van der Waals surface area contributed by atoms with Gasteiger partial charge in [-0.05, 0) is 32.0 Å². The maximum absolute atomic E-state index is 12.7. The normalized spacial score (nSPS) is 10.5. The highest BCUT2D eigenvalue weighted by Crippen LogP contribution is 2.25. The highest BCUT2D eigenvalue weighted by Gasteiger charge is 2.19. The van der Waals surface area contributed by atoms with Gasteiger partial charge >= 0.3 is 0 Å². The number of nitrogens with one attached hydrogen (secondary N) is 1. The Balaban J connectivity index is 2.03. The molecule has 9 heteroatoms. The van der Waals surface area contributed by atoms with Crippen LogP contribution in [0.5, 0.6) is 0 Å². The van der Waals surface area contributed by atoms with E-state index in [4.69, 9.17) is 11.6 Å². The zero-order valence-electron chi connectivity index (χ0n) is 15.0. The first-order valence-electron chi connectivity index (χ1n) is 8.21. The number of carbonyl (C=O) groups excluding carboxylic acids is 1. The van der Waals surface area contributed by atoms with Crippen LogP contribution in [0.1, 0.15) is 21.7 Å². The lowest BCUT2D eigenvalue weighted by atomic mass is 10.1. The van der Waals surface area contributed by atoms with Gasteiger partial charge in [0.2, 0.25) is 5.43 Å². The summed E-state index contributed by atoms with van der Waals surface area (Å²) in [5, 5.41) is 18.2. The number of para-hydroxylation sites is 1. The lowest BCUT2D eigenvalue weighted by molar-refractivity contribution is -0.385. The first kappa shape index (κ1) is 19.2. The van der Waals surface area contributed by atoms with Crippen LogP contribution in [0, 0.1) is 24.0 Å². The molecule has 1 aromatic heterocycles. The molecule has 8 nitrogen and oxygen atoms in total. The minimum Gasteiger partial charge on any atom is -0.320 e. The number of halogens is 1. The number of nitro benzene ring substituents is 1. The van der Waals surface area contributed by atoms with Gasteiger partial charge in [-0.15, -0.1) is 0 Å². The van der Waals surface area contributed by atoms with Gasteiger partial charge in [-0.1, -0.05) is 29.8 Å². The molecule has 1 heterocycles. The fourth-order valence-electron chi connectivity index (χ4n) is 2.71. The highest BCUT2D eigenvalue weighted by molar-refractivity contribution is 6.32. The number of nitrogens with zero attached hydrogens (tertiary/aromatic N) is 3. The molecule has 3 aromatic rings. The van der Waals surface area contributed by atoms with Gasteiger partial charge in [-0.25, -0.2) is 4.68 Å². The molecule has 0 radical (unpaired) electrons. The quantitative estimate of drug-likeness (QED) is 0.533. The van der Waals surface area contributed by atoms with E-state index in [1.165, 1.54) is 35.9 Å². The largest absolute Gasteiger partial charge is 0.320 e. The fourth-order valence-corrected chi connectivity index (χ4v) is 2.93. The minimum atomic E-state index is -0.769. The number of nitro groups is 1. The van der Waals surface area contributed by atoms with Crippen LogP contribution in [-0.4, -0.2) is 20.6 Å². The molecule has 0 aliphatic carbocycles. The summed E-state index contributed by atoms with van der Waals surface area (Å²) in [7, 11) is 0. The number of rotatable bonds is 4. The molecular weight excluding hydrogens is 384 g/mol. The van der Waals surface area contributed by atoms with Crippen LogP contribution in [0.4, 0.5) is 11.4 Å². The zero-order chi connectivity index (χ0) is 20.4. The topological polar surface area (TPSA) is 107 Å². The molecule has 3 rings (SSSR count). The average Bonchev–Trinajstić information content (AvgIpc) is 2.64. The first-order valence-corrected chi connectivity index (χ1v) is 8.58. The van der Waals surface area contributed by atoms with Crippen molar-refractivity contribution in [2.24, 2.45) is 0 Å². The monoisotopic (exact) mass is 398 g/mol. The number of anilines is 1. The Morgan fingerprint density at radius 3 is 2.57 bits per heavy atom. The van der Waals surface area contributed by atoms with Crippen LogP contribution in [-0.2, 0) is 0 Å². The van der Waals surface area contributed by atoms with Crippen LogP contribution in [0.3, 0.4) is 0 Å². The molecule has 0 aliphatic rings. The molecule has 0 bridgehead atoms. The second-order valence-electron chi connectivity index (χ2n) is 6.02. The summed E-state index contributed by atoms with van der Waals surface area (Å²) in [5.74, 6) is -0.769.